The maximum Gasteiger partial charge on any atom is 0.265 e. The minimum Gasteiger partial charge on any atom is -0.356 e. The molecule has 1 aliphatic rings. The van der Waals surface area contributed by atoms with E-state index in [1.54, 1.807) is 21.4 Å². The fourth-order valence-electron chi connectivity index (χ4n) is 3.10. The first-order valence-electron chi connectivity index (χ1n) is 8.74. The topological polar surface area (TPSA) is 81.8 Å². The third kappa shape index (κ3) is 3.35. The molecule has 1 amide bonds. The Labute approximate surface area is 164 Å². The molecule has 0 spiro atoms. The Bertz CT molecular complexity index is 1060. The van der Waals surface area contributed by atoms with Gasteiger partial charge in [0.2, 0.25) is 5.91 Å². The van der Waals surface area contributed by atoms with Crippen molar-refractivity contribution in [1.29, 1.82) is 0 Å². The lowest BCUT2D eigenvalue weighted by Gasteiger charge is -2.13. The van der Waals surface area contributed by atoms with Gasteiger partial charge in [-0.25, -0.2) is 9.67 Å². The van der Waals surface area contributed by atoms with Crippen molar-refractivity contribution in [2.75, 3.05) is 12.3 Å². The fraction of sp³-hybridized carbons (Fsp3) is 0.333. The molecule has 1 N–H and O–H groups in total. The molecule has 27 heavy (non-hydrogen) atoms. The van der Waals surface area contributed by atoms with Gasteiger partial charge in [0.05, 0.1) is 17.9 Å². The summed E-state index contributed by atoms with van der Waals surface area (Å²) in [5.74, 6) is 0.613. The molecule has 0 radical (unpaired) electrons. The van der Waals surface area contributed by atoms with Gasteiger partial charge in [-0.2, -0.15) is 5.10 Å². The summed E-state index contributed by atoms with van der Waals surface area (Å²) in [6, 6.07) is 7.00. The highest BCUT2D eigenvalue weighted by Crippen LogP contribution is 2.33. The molecule has 3 heterocycles. The molecule has 9 heteroatoms. The molecule has 140 valence electrons. The molecule has 0 saturated heterocycles. The Morgan fingerprint density at radius 3 is 2.89 bits per heavy atom. The number of rotatable bonds is 5. The number of nitrogens with zero attached hydrogens (tertiary/aromatic N) is 4. The standard InChI is InChI=1S/C18H18ClN5O2S/c1-2-7-20-15(25)8-13-10-27-18-22-16-14(17(26)23(13)18)9-21-24(16)12-5-3-11(19)4-6-12/h3-6,9,13H,2,7-8,10H2,1H3,(H,20,25). The van der Waals surface area contributed by atoms with Crippen LogP contribution < -0.4 is 10.9 Å². The van der Waals surface area contributed by atoms with Crippen LogP contribution in [0.4, 0.5) is 0 Å². The van der Waals surface area contributed by atoms with Crippen LogP contribution in [0.25, 0.3) is 16.7 Å². The zero-order valence-corrected chi connectivity index (χ0v) is 16.3. The van der Waals surface area contributed by atoms with Gasteiger partial charge in [-0.1, -0.05) is 30.3 Å². The van der Waals surface area contributed by atoms with Crippen LogP contribution in [0.2, 0.25) is 5.02 Å². The largest absolute Gasteiger partial charge is 0.356 e. The van der Waals surface area contributed by atoms with Crippen molar-refractivity contribution < 1.29 is 4.79 Å². The summed E-state index contributed by atoms with van der Waals surface area (Å²) in [4.78, 5) is 29.8. The Kier molecular flexibility index (Phi) is 4.92. The molecule has 0 aliphatic carbocycles. The molecule has 0 saturated carbocycles. The third-order valence-corrected chi connectivity index (χ3v) is 5.78. The number of fused-ring (bicyclic) bond motifs is 2. The molecule has 3 aromatic rings. The van der Waals surface area contributed by atoms with Crippen LogP contribution in [0.3, 0.4) is 0 Å². The SMILES string of the molecule is CCCNC(=O)CC1CSc2nc3c(cnn3-c3ccc(Cl)cc3)c(=O)n21. The molecule has 1 atom stereocenters. The summed E-state index contributed by atoms with van der Waals surface area (Å²) < 4.78 is 3.27. The number of hydrogen-bond acceptors (Lipinski definition) is 5. The van der Waals surface area contributed by atoms with Crippen molar-refractivity contribution in [1.82, 2.24) is 24.6 Å². The molecular weight excluding hydrogens is 386 g/mol. The van der Waals surface area contributed by atoms with Crippen LogP contribution in [-0.4, -0.2) is 37.5 Å². The molecule has 0 fully saturated rings. The molecule has 4 rings (SSSR count). The maximum atomic E-state index is 13.0. The fourth-order valence-corrected chi connectivity index (χ4v) is 4.36. The molecule has 1 unspecified atom stereocenters. The molecule has 7 nitrogen and oxygen atoms in total. The Balaban J connectivity index is 1.71. The normalized spacial score (nSPS) is 15.9. The number of benzene rings is 1. The van der Waals surface area contributed by atoms with Gasteiger partial charge in [0.15, 0.2) is 10.8 Å². The van der Waals surface area contributed by atoms with Gasteiger partial charge in [0.1, 0.15) is 5.39 Å². The molecule has 0 bridgehead atoms. The highest BCUT2D eigenvalue weighted by Gasteiger charge is 2.29. The van der Waals surface area contributed by atoms with Gasteiger partial charge >= 0.3 is 0 Å². The number of hydrogen-bond donors (Lipinski definition) is 1. The van der Waals surface area contributed by atoms with E-state index in [0.717, 1.165) is 12.1 Å². The van der Waals surface area contributed by atoms with Gasteiger partial charge in [-0.3, -0.25) is 14.2 Å². The number of nitrogens with one attached hydrogen (secondary N) is 1. The van der Waals surface area contributed by atoms with Crippen molar-refractivity contribution >= 4 is 40.3 Å². The van der Waals surface area contributed by atoms with Crippen LogP contribution in [0.1, 0.15) is 25.8 Å². The third-order valence-electron chi connectivity index (χ3n) is 4.44. The molecular formula is C18H18ClN5O2S. The number of amides is 1. The second kappa shape index (κ2) is 7.36. The predicted octanol–water partition coefficient (Wildman–Crippen LogP) is 2.80. The lowest BCUT2D eigenvalue weighted by atomic mass is 10.2. The van der Waals surface area contributed by atoms with Gasteiger partial charge in [-0.05, 0) is 30.7 Å². The zero-order valence-electron chi connectivity index (χ0n) is 14.7. The van der Waals surface area contributed by atoms with E-state index in [-0.39, 0.29) is 23.9 Å². The highest BCUT2D eigenvalue weighted by molar-refractivity contribution is 7.99. The average molecular weight is 404 g/mol. The summed E-state index contributed by atoms with van der Waals surface area (Å²) in [6.07, 6.45) is 2.69. The van der Waals surface area contributed by atoms with E-state index in [1.807, 2.05) is 19.1 Å². The number of carbonyl (C=O) groups is 1. The van der Waals surface area contributed by atoms with Crippen molar-refractivity contribution in [2.45, 2.75) is 31.0 Å². The maximum absolute atomic E-state index is 13.0. The van der Waals surface area contributed by atoms with Crippen LogP contribution in [0, 0.1) is 0 Å². The summed E-state index contributed by atoms with van der Waals surface area (Å²) in [5, 5.41) is 8.89. The monoisotopic (exact) mass is 403 g/mol. The molecule has 1 aromatic carbocycles. The minimum atomic E-state index is -0.190. The van der Waals surface area contributed by atoms with Crippen molar-refractivity contribution in [2.24, 2.45) is 0 Å². The number of aromatic nitrogens is 4. The quantitative estimate of drug-likeness (QED) is 0.662. The predicted molar refractivity (Wildman–Crippen MR) is 106 cm³/mol. The number of thioether (sulfide) groups is 1. The average Bonchev–Trinajstić information content (AvgIpc) is 3.26. The number of halogens is 1. The lowest BCUT2D eigenvalue weighted by Crippen LogP contribution is -2.31. The number of carbonyl (C=O) groups excluding carboxylic acids is 1. The Morgan fingerprint density at radius 2 is 2.15 bits per heavy atom. The van der Waals surface area contributed by atoms with E-state index in [0.29, 0.717) is 33.5 Å². The van der Waals surface area contributed by atoms with E-state index >= 15 is 0 Å². The summed E-state index contributed by atoms with van der Waals surface area (Å²) in [5.41, 5.74) is 1.13. The zero-order chi connectivity index (χ0) is 19.0. The van der Waals surface area contributed by atoms with Crippen LogP contribution in [-0.2, 0) is 4.79 Å². The van der Waals surface area contributed by atoms with Gasteiger partial charge in [0.25, 0.3) is 5.56 Å². The van der Waals surface area contributed by atoms with E-state index in [1.165, 1.54) is 18.0 Å². The minimum absolute atomic E-state index is 0.0424. The second-order valence-corrected chi connectivity index (χ2v) is 7.78. The lowest BCUT2D eigenvalue weighted by molar-refractivity contribution is -0.121. The van der Waals surface area contributed by atoms with E-state index in [9.17, 15) is 9.59 Å². The smallest absolute Gasteiger partial charge is 0.265 e. The van der Waals surface area contributed by atoms with Crippen molar-refractivity contribution in [3.8, 4) is 5.69 Å². The first kappa shape index (κ1) is 18.1. The van der Waals surface area contributed by atoms with E-state index < -0.39 is 0 Å². The summed E-state index contributed by atoms with van der Waals surface area (Å²) >= 11 is 7.44. The van der Waals surface area contributed by atoms with Crippen LogP contribution >= 0.6 is 23.4 Å². The summed E-state index contributed by atoms with van der Waals surface area (Å²) in [7, 11) is 0. The van der Waals surface area contributed by atoms with Gasteiger partial charge < -0.3 is 5.32 Å². The van der Waals surface area contributed by atoms with Crippen molar-refractivity contribution in [3.63, 3.8) is 0 Å². The van der Waals surface area contributed by atoms with Crippen LogP contribution in [0.5, 0.6) is 0 Å². The molecule has 1 aliphatic heterocycles. The first-order valence-corrected chi connectivity index (χ1v) is 10.1. The van der Waals surface area contributed by atoms with Gasteiger partial charge in [0, 0.05) is 23.7 Å². The Morgan fingerprint density at radius 1 is 1.37 bits per heavy atom. The summed E-state index contributed by atoms with van der Waals surface area (Å²) in [6.45, 7) is 2.65. The van der Waals surface area contributed by atoms with Crippen LogP contribution in [0.15, 0.2) is 40.4 Å². The first-order chi connectivity index (χ1) is 13.1. The van der Waals surface area contributed by atoms with E-state index in [4.69, 9.17) is 11.6 Å². The van der Waals surface area contributed by atoms with E-state index in [2.05, 4.69) is 15.4 Å². The van der Waals surface area contributed by atoms with Crippen molar-refractivity contribution in [3.05, 3.63) is 45.8 Å². The Hall–Kier alpha value is -2.32. The highest BCUT2D eigenvalue weighted by atomic mass is 35.5. The van der Waals surface area contributed by atoms with Gasteiger partial charge in [-0.15, -0.1) is 0 Å². The second-order valence-electron chi connectivity index (χ2n) is 6.36. The molecule has 2 aromatic heterocycles.